The van der Waals surface area contributed by atoms with Gasteiger partial charge in [-0.05, 0) is 18.3 Å². The van der Waals surface area contributed by atoms with Crippen LogP contribution >= 0.6 is 0 Å². The van der Waals surface area contributed by atoms with Gasteiger partial charge in [0.2, 0.25) is 11.8 Å². The van der Waals surface area contributed by atoms with Crippen LogP contribution in [0.1, 0.15) is 6.42 Å². The maximum atomic E-state index is 12.4. The van der Waals surface area contributed by atoms with Crippen molar-refractivity contribution >= 4 is 17.8 Å². The maximum Gasteiger partial charge on any atom is 0.307 e. The van der Waals surface area contributed by atoms with E-state index in [0.717, 1.165) is 6.42 Å². The second-order valence-electron chi connectivity index (χ2n) is 5.21. The van der Waals surface area contributed by atoms with Gasteiger partial charge in [0.15, 0.2) is 0 Å². The number of amides is 2. The van der Waals surface area contributed by atoms with Gasteiger partial charge in [-0.2, -0.15) is 0 Å². The van der Waals surface area contributed by atoms with Crippen LogP contribution in [-0.4, -0.2) is 48.4 Å². The van der Waals surface area contributed by atoms with Crippen molar-refractivity contribution in [2.45, 2.75) is 6.42 Å². The molecule has 0 spiro atoms. The lowest BCUT2D eigenvalue weighted by molar-refractivity contribution is -0.151. The van der Waals surface area contributed by atoms with E-state index < -0.39 is 17.8 Å². The molecule has 6 heteroatoms. The molecule has 2 amide bonds. The number of allylic oxidation sites excluding steroid dienone is 2. The van der Waals surface area contributed by atoms with Crippen molar-refractivity contribution in [2.24, 2.45) is 23.7 Å². The molecule has 4 atom stereocenters. The summed E-state index contributed by atoms with van der Waals surface area (Å²) in [4.78, 5) is 36.3. The van der Waals surface area contributed by atoms with E-state index in [-0.39, 0.29) is 30.2 Å². The number of nitrogens with zero attached hydrogens (tertiary/aromatic N) is 1. The lowest BCUT2D eigenvalue weighted by Gasteiger charge is -2.28. The van der Waals surface area contributed by atoms with Crippen molar-refractivity contribution in [3.05, 3.63) is 12.2 Å². The zero-order valence-electron chi connectivity index (χ0n) is 11.0. The van der Waals surface area contributed by atoms with E-state index in [1.807, 2.05) is 12.2 Å². The van der Waals surface area contributed by atoms with Crippen molar-refractivity contribution in [3.63, 3.8) is 0 Å². The first-order valence-electron chi connectivity index (χ1n) is 6.32. The van der Waals surface area contributed by atoms with Crippen LogP contribution in [-0.2, 0) is 14.4 Å². The summed E-state index contributed by atoms with van der Waals surface area (Å²) < 4.78 is 0. The van der Waals surface area contributed by atoms with Gasteiger partial charge in [-0.15, -0.1) is 0 Å². The summed E-state index contributed by atoms with van der Waals surface area (Å²) in [6, 6.07) is 0. The largest absolute Gasteiger partial charge is 0.481 e. The second kappa shape index (κ2) is 5.03. The Morgan fingerprint density at radius 1 is 1.26 bits per heavy atom. The highest BCUT2D eigenvalue weighted by atomic mass is 16.4. The van der Waals surface area contributed by atoms with E-state index in [9.17, 15) is 19.5 Å². The number of hydrogen-bond donors (Lipinski definition) is 2. The number of carbonyl (C=O) groups is 3. The summed E-state index contributed by atoms with van der Waals surface area (Å²) in [7, 11) is 3.03. The second-order valence-corrected chi connectivity index (χ2v) is 5.21. The van der Waals surface area contributed by atoms with Crippen LogP contribution in [0.4, 0.5) is 0 Å². The number of hydrogen-bond acceptors (Lipinski definition) is 3. The van der Waals surface area contributed by atoms with E-state index in [2.05, 4.69) is 5.32 Å². The Hall–Kier alpha value is -1.85. The van der Waals surface area contributed by atoms with Gasteiger partial charge in [0.1, 0.15) is 0 Å². The van der Waals surface area contributed by atoms with Gasteiger partial charge in [-0.25, -0.2) is 0 Å². The molecule has 0 aromatic rings. The molecule has 1 fully saturated rings. The molecule has 0 radical (unpaired) electrons. The summed E-state index contributed by atoms with van der Waals surface area (Å²) in [5, 5.41) is 11.7. The van der Waals surface area contributed by atoms with Crippen molar-refractivity contribution in [1.82, 2.24) is 10.2 Å². The van der Waals surface area contributed by atoms with Crippen LogP contribution in [0, 0.1) is 23.7 Å². The summed E-state index contributed by atoms with van der Waals surface area (Å²) >= 11 is 0. The van der Waals surface area contributed by atoms with E-state index in [1.165, 1.54) is 19.0 Å². The van der Waals surface area contributed by atoms with Gasteiger partial charge in [-0.3, -0.25) is 14.4 Å². The van der Waals surface area contributed by atoms with Crippen LogP contribution in [0.2, 0.25) is 0 Å². The predicted molar refractivity (Wildman–Crippen MR) is 67.1 cm³/mol. The highest BCUT2D eigenvalue weighted by Crippen LogP contribution is 2.48. The SMILES string of the molecule is CNC(=O)CN(C)C(=O)C1C2C=CC(C2)C1C(=O)O. The fraction of sp³-hybridized carbons (Fsp3) is 0.615. The summed E-state index contributed by atoms with van der Waals surface area (Å²) in [5.41, 5.74) is 0. The quantitative estimate of drug-likeness (QED) is 0.685. The zero-order chi connectivity index (χ0) is 14.2. The number of likely N-dealkylation sites (N-methyl/N-ethyl adjacent to an activating group) is 2. The molecule has 2 bridgehead atoms. The Labute approximate surface area is 111 Å². The molecule has 4 unspecified atom stereocenters. The number of carboxylic acid groups (broad SMARTS) is 1. The van der Waals surface area contributed by atoms with Crippen LogP contribution in [0.3, 0.4) is 0 Å². The standard InChI is InChI=1S/C13H18N2O4/c1-14-9(16)6-15(2)12(17)10-7-3-4-8(5-7)11(10)13(18)19/h3-4,7-8,10-11H,5-6H2,1-2H3,(H,14,16)(H,18,19). The Morgan fingerprint density at radius 3 is 2.37 bits per heavy atom. The number of nitrogens with one attached hydrogen (secondary N) is 1. The van der Waals surface area contributed by atoms with E-state index >= 15 is 0 Å². The number of rotatable bonds is 4. The molecule has 6 nitrogen and oxygen atoms in total. The third-order valence-corrected chi connectivity index (χ3v) is 4.07. The first-order chi connectivity index (χ1) is 8.95. The Kier molecular flexibility index (Phi) is 3.59. The molecule has 2 rings (SSSR count). The fourth-order valence-electron chi connectivity index (χ4n) is 3.12. The third kappa shape index (κ3) is 2.34. The van der Waals surface area contributed by atoms with Gasteiger partial charge in [0.25, 0.3) is 0 Å². The number of carbonyl (C=O) groups excluding carboxylic acids is 2. The molecule has 2 aliphatic carbocycles. The highest BCUT2D eigenvalue weighted by molar-refractivity contribution is 5.89. The highest BCUT2D eigenvalue weighted by Gasteiger charge is 2.52. The number of carboxylic acids is 1. The monoisotopic (exact) mass is 266 g/mol. The molecule has 104 valence electrons. The molecule has 0 aliphatic heterocycles. The van der Waals surface area contributed by atoms with Gasteiger partial charge in [0.05, 0.1) is 18.4 Å². The molecule has 19 heavy (non-hydrogen) atoms. The van der Waals surface area contributed by atoms with Crippen molar-refractivity contribution in [2.75, 3.05) is 20.6 Å². The third-order valence-electron chi connectivity index (χ3n) is 4.07. The lowest BCUT2D eigenvalue weighted by Crippen LogP contribution is -2.44. The van der Waals surface area contributed by atoms with E-state index in [4.69, 9.17) is 0 Å². The maximum absolute atomic E-state index is 12.4. The average molecular weight is 266 g/mol. The fourth-order valence-corrected chi connectivity index (χ4v) is 3.12. The van der Waals surface area contributed by atoms with Crippen LogP contribution in [0.25, 0.3) is 0 Å². The minimum atomic E-state index is -0.927. The van der Waals surface area contributed by atoms with Gasteiger partial charge < -0.3 is 15.3 Å². The van der Waals surface area contributed by atoms with Gasteiger partial charge in [0, 0.05) is 14.1 Å². The van der Waals surface area contributed by atoms with Crippen molar-refractivity contribution in [3.8, 4) is 0 Å². The molecular weight excluding hydrogens is 248 g/mol. The zero-order valence-corrected chi connectivity index (χ0v) is 11.0. The Bertz CT molecular complexity index is 446. The summed E-state index contributed by atoms with van der Waals surface area (Å²) in [5.74, 6) is -2.70. The molecule has 1 saturated carbocycles. The molecule has 0 saturated heterocycles. The minimum Gasteiger partial charge on any atom is -0.481 e. The lowest BCUT2D eigenvalue weighted by atomic mass is 9.82. The first-order valence-corrected chi connectivity index (χ1v) is 6.32. The topological polar surface area (TPSA) is 86.7 Å². The van der Waals surface area contributed by atoms with Gasteiger partial charge in [-0.1, -0.05) is 12.2 Å². The van der Waals surface area contributed by atoms with Gasteiger partial charge >= 0.3 is 5.97 Å². The first kappa shape index (κ1) is 13.6. The number of fused-ring (bicyclic) bond motifs is 2. The molecule has 0 aromatic heterocycles. The van der Waals surface area contributed by atoms with Crippen LogP contribution < -0.4 is 5.32 Å². The van der Waals surface area contributed by atoms with Crippen molar-refractivity contribution < 1.29 is 19.5 Å². The Balaban J connectivity index is 2.12. The molecule has 0 aromatic carbocycles. The van der Waals surface area contributed by atoms with E-state index in [0.29, 0.717) is 0 Å². The predicted octanol–water partition coefficient (Wildman–Crippen LogP) is -0.286. The molecular formula is C13H18N2O4. The van der Waals surface area contributed by atoms with E-state index in [1.54, 1.807) is 0 Å². The normalized spacial score (nSPS) is 31.3. The summed E-state index contributed by atoms with van der Waals surface area (Å²) in [6.07, 6.45) is 4.55. The molecule has 2 aliphatic rings. The minimum absolute atomic E-state index is 0.00858. The van der Waals surface area contributed by atoms with Crippen molar-refractivity contribution in [1.29, 1.82) is 0 Å². The Morgan fingerprint density at radius 2 is 1.84 bits per heavy atom. The number of aliphatic carboxylic acids is 1. The summed E-state index contributed by atoms with van der Waals surface area (Å²) in [6.45, 7) is -0.0424. The smallest absolute Gasteiger partial charge is 0.307 e. The molecule has 2 N–H and O–H groups in total. The van der Waals surface area contributed by atoms with Crippen LogP contribution in [0.15, 0.2) is 12.2 Å². The molecule has 0 heterocycles. The van der Waals surface area contributed by atoms with Crippen LogP contribution in [0.5, 0.6) is 0 Å². The average Bonchev–Trinajstić information content (AvgIpc) is 2.97.